The Morgan fingerprint density at radius 3 is 2.64 bits per heavy atom. The van der Waals surface area contributed by atoms with Gasteiger partial charge >= 0.3 is 5.97 Å². The Labute approximate surface area is 243 Å². The number of anilines is 2. The number of aryl methyl sites for hydroxylation is 1. The molecule has 3 saturated heterocycles. The Kier molecular flexibility index (Phi) is 6.16. The van der Waals surface area contributed by atoms with Crippen LogP contribution in [0.5, 0.6) is 0 Å². The zero-order chi connectivity index (χ0) is 29.1. The molecule has 2 N–H and O–H groups in total. The van der Waals surface area contributed by atoms with Gasteiger partial charge in [-0.2, -0.15) is 0 Å². The average Bonchev–Trinajstić information content (AvgIpc) is 3.70. The van der Waals surface area contributed by atoms with E-state index in [0.29, 0.717) is 37.6 Å². The van der Waals surface area contributed by atoms with Gasteiger partial charge in [-0.05, 0) is 42.7 Å². The molecule has 7 rings (SSSR count). The van der Waals surface area contributed by atoms with Crippen molar-refractivity contribution < 1.29 is 19.4 Å². The summed E-state index contributed by atoms with van der Waals surface area (Å²) in [5.74, 6) is -0.633. The van der Waals surface area contributed by atoms with Gasteiger partial charge in [0, 0.05) is 24.9 Å². The Hall–Kier alpha value is -4.51. The molecule has 1 aromatic carbocycles. The van der Waals surface area contributed by atoms with Gasteiger partial charge in [0.25, 0.3) is 5.91 Å². The number of benzene rings is 1. The van der Waals surface area contributed by atoms with E-state index in [4.69, 9.17) is 4.74 Å². The molecule has 11 nitrogen and oxygen atoms in total. The predicted molar refractivity (Wildman–Crippen MR) is 156 cm³/mol. The number of ether oxygens (including phenoxy) is 1. The number of aromatic nitrogens is 4. The van der Waals surface area contributed by atoms with E-state index in [1.54, 1.807) is 16.6 Å². The van der Waals surface area contributed by atoms with E-state index in [2.05, 4.69) is 68.6 Å². The molecule has 4 aromatic rings. The summed E-state index contributed by atoms with van der Waals surface area (Å²) < 4.78 is 7.82. The van der Waals surface area contributed by atoms with Crippen molar-refractivity contribution in [3.8, 4) is 0 Å². The van der Waals surface area contributed by atoms with Crippen molar-refractivity contribution in [2.75, 3.05) is 42.6 Å². The van der Waals surface area contributed by atoms with Crippen LogP contribution in [0.1, 0.15) is 52.0 Å². The number of pyridine rings is 2. The Balaban J connectivity index is 1.00. The summed E-state index contributed by atoms with van der Waals surface area (Å²) >= 11 is 0. The van der Waals surface area contributed by atoms with Gasteiger partial charge in [-0.1, -0.05) is 43.3 Å². The third kappa shape index (κ3) is 4.63. The molecule has 0 aliphatic carbocycles. The summed E-state index contributed by atoms with van der Waals surface area (Å²) in [6.45, 7) is 7.74. The van der Waals surface area contributed by atoms with Crippen LogP contribution in [0.2, 0.25) is 0 Å². The standard InChI is InChI=1S/C31H33N7O4/c1-20-13-23(36-12-11-30(2,17-36)21-7-4-3-5-8-21)15-38-27(20)34-26(35-38)28(39)32-22-14-31(42-16-22)18-37(19-31)25-10-6-9-24(33-25)29(40)41/h3-10,13,15,22H,11-12,14,16-19H2,1-2H3,(H,32,39)(H,40,41)/t22?,30-/m0/s1. The summed E-state index contributed by atoms with van der Waals surface area (Å²) in [6, 6.07) is 17.6. The van der Waals surface area contributed by atoms with Gasteiger partial charge in [-0.15, -0.1) is 5.10 Å². The van der Waals surface area contributed by atoms with Gasteiger partial charge in [0.1, 0.15) is 11.4 Å². The number of carbonyl (C=O) groups is 2. The maximum atomic E-state index is 13.2. The van der Waals surface area contributed by atoms with Crippen molar-refractivity contribution in [2.45, 2.75) is 43.7 Å². The summed E-state index contributed by atoms with van der Waals surface area (Å²) in [7, 11) is 0. The molecule has 3 fully saturated rings. The third-order valence-corrected chi connectivity index (χ3v) is 8.90. The first kappa shape index (κ1) is 26.4. The van der Waals surface area contributed by atoms with Crippen LogP contribution in [0, 0.1) is 6.92 Å². The summed E-state index contributed by atoms with van der Waals surface area (Å²) in [6.07, 6.45) is 3.68. The van der Waals surface area contributed by atoms with Crippen molar-refractivity contribution in [3.05, 3.63) is 83.4 Å². The Morgan fingerprint density at radius 1 is 1.05 bits per heavy atom. The fourth-order valence-electron chi connectivity index (χ4n) is 6.60. The molecule has 2 atom stereocenters. The maximum absolute atomic E-state index is 13.2. The number of hydrogen-bond donors (Lipinski definition) is 2. The van der Waals surface area contributed by atoms with Gasteiger partial charge < -0.3 is 25.0 Å². The lowest BCUT2D eigenvalue weighted by molar-refractivity contribution is -0.0187. The van der Waals surface area contributed by atoms with E-state index in [0.717, 1.165) is 30.8 Å². The first-order valence-corrected chi connectivity index (χ1v) is 14.3. The zero-order valence-corrected chi connectivity index (χ0v) is 23.7. The van der Waals surface area contributed by atoms with Gasteiger partial charge in [0.2, 0.25) is 5.82 Å². The van der Waals surface area contributed by atoms with E-state index in [9.17, 15) is 14.7 Å². The molecule has 0 radical (unpaired) electrons. The molecule has 1 spiro atoms. The van der Waals surface area contributed by atoms with Gasteiger partial charge in [0.05, 0.1) is 37.6 Å². The molecule has 0 bridgehead atoms. The summed E-state index contributed by atoms with van der Waals surface area (Å²) in [5, 5.41) is 16.8. The van der Waals surface area contributed by atoms with E-state index in [-0.39, 0.29) is 34.5 Å². The number of nitrogens with zero attached hydrogens (tertiary/aromatic N) is 6. The smallest absolute Gasteiger partial charge is 0.354 e. The number of aromatic carboxylic acids is 1. The second kappa shape index (κ2) is 9.80. The number of carboxylic acids is 1. The second-order valence-corrected chi connectivity index (χ2v) is 12.1. The number of fused-ring (bicyclic) bond motifs is 1. The van der Waals surface area contributed by atoms with Crippen LogP contribution < -0.4 is 15.1 Å². The molecule has 1 amide bonds. The number of rotatable bonds is 6. The predicted octanol–water partition coefficient (Wildman–Crippen LogP) is 3.08. The number of carbonyl (C=O) groups excluding carboxylic acids is 1. The molecule has 1 unspecified atom stereocenters. The van der Waals surface area contributed by atoms with Crippen LogP contribution in [-0.4, -0.2) is 81.0 Å². The monoisotopic (exact) mass is 567 g/mol. The fourth-order valence-corrected chi connectivity index (χ4v) is 6.60. The third-order valence-electron chi connectivity index (χ3n) is 8.90. The van der Waals surface area contributed by atoms with Crippen LogP contribution in [-0.2, 0) is 10.2 Å². The van der Waals surface area contributed by atoms with E-state index in [1.807, 2.05) is 18.0 Å². The van der Waals surface area contributed by atoms with Gasteiger partial charge in [0.15, 0.2) is 11.3 Å². The number of hydrogen-bond acceptors (Lipinski definition) is 8. The highest BCUT2D eigenvalue weighted by Crippen LogP contribution is 2.38. The van der Waals surface area contributed by atoms with Gasteiger partial charge in [-0.3, -0.25) is 4.79 Å². The van der Waals surface area contributed by atoms with Crippen LogP contribution in [0.4, 0.5) is 11.5 Å². The van der Waals surface area contributed by atoms with Gasteiger partial charge in [-0.25, -0.2) is 19.3 Å². The first-order chi connectivity index (χ1) is 20.2. The minimum absolute atomic E-state index is 0.0133. The molecular weight excluding hydrogens is 534 g/mol. The van der Waals surface area contributed by atoms with Crippen molar-refractivity contribution in [1.82, 2.24) is 24.9 Å². The molecular formula is C31H33N7O4. The van der Waals surface area contributed by atoms with E-state index in [1.165, 1.54) is 11.6 Å². The van der Waals surface area contributed by atoms with Crippen LogP contribution in [0.15, 0.2) is 60.8 Å². The first-order valence-electron chi connectivity index (χ1n) is 14.3. The Morgan fingerprint density at radius 2 is 1.86 bits per heavy atom. The molecule has 6 heterocycles. The van der Waals surface area contributed by atoms with Crippen molar-refractivity contribution in [1.29, 1.82) is 0 Å². The van der Waals surface area contributed by atoms with Crippen LogP contribution >= 0.6 is 0 Å². The summed E-state index contributed by atoms with van der Waals surface area (Å²) in [5.41, 5.74) is 3.75. The van der Waals surface area contributed by atoms with E-state index >= 15 is 0 Å². The van der Waals surface area contributed by atoms with Crippen molar-refractivity contribution in [2.24, 2.45) is 0 Å². The normalized spacial score (nSPS) is 23.0. The molecule has 3 aliphatic heterocycles. The SMILES string of the molecule is Cc1cc(N2CC[C@](C)(c3ccccc3)C2)cn2nc(C(=O)NC3COC4(C3)CN(c3cccc(C(=O)O)n3)C4)nc12. The largest absolute Gasteiger partial charge is 0.477 e. The highest BCUT2D eigenvalue weighted by atomic mass is 16.5. The lowest BCUT2D eigenvalue weighted by Gasteiger charge is -2.47. The number of nitrogens with one attached hydrogen (secondary N) is 1. The van der Waals surface area contributed by atoms with Crippen molar-refractivity contribution >= 4 is 29.0 Å². The highest BCUT2D eigenvalue weighted by molar-refractivity contribution is 5.91. The minimum Gasteiger partial charge on any atom is -0.477 e. The van der Waals surface area contributed by atoms with Crippen molar-refractivity contribution in [3.63, 3.8) is 0 Å². The maximum Gasteiger partial charge on any atom is 0.354 e. The lowest BCUT2D eigenvalue weighted by atomic mass is 9.82. The highest BCUT2D eigenvalue weighted by Gasteiger charge is 2.50. The number of amides is 1. The minimum atomic E-state index is -1.05. The molecule has 42 heavy (non-hydrogen) atoms. The van der Waals surface area contributed by atoms with E-state index < -0.39 is 5.97 Å². The summed E-state index contributed by atoms with van der Waals surface area (Å²) in [4.78, 5) is 37.6. The van der Waals surface area contributed by atoms with Crippen LogP contribution in [0.25, 0.3) is 5.65 Å². The second-order valence-electron chi connectivity index (χ2n) is 12.1. The topological polar surface area (TPSA) is 125 Å². The fraction of sp³-hybridized carbons (Fsp3) is 0.387. The molecule has 216 valence electrons. The molecule has 11 heteroatoms. The Bertz CT molecular complexity index is 1680. The molecule has 3 aromatic heterocycles. The van der Waals surface area contributed by atoms with Crippen LogP contribution in [0.3, 0.4) is 0 Å². The average molecular weight is 568 g/mol. The quantitative estimate of drug-likeness (QED) is 0.362. The lowest BCUT2D eigenvalue weighted by Crippen LogP contribution is -2.62. The molecule has 3 aliphatic rings. The zero-order valence-electron chi connectivity index (χ0n) is 23.7. The number of carboxylic acid groups (broad SMARTS) is 1. The molecule has 0 saturated carbocycles.